The first kappa shape index (κ1) is 9.71. The van der Waals surface area contributed by atoms with Gasteiger partial charge in [0, 0.05) is 24.4 Å². The average molecular weight is 193 g/mol. The lowest BCUT2D eigenvalue weighted by Crippen LogP contribution is -2.28. The molecule has 3 nitrogen and oxygen atoms in total. The molecule has 1 atom stereocenters. The Morgan fingerprint density at radius 3 is 2.93 bits per heavy atom. The van der Waals surface area contributed by atoms with E-state index in [4.69, 9.17) is 0 Å². The Balaban J connectivity index is 2.07. The van der Waals surface area contributed by atoms with E-state index >= 15 is 0 Å². The molecule has 1 saturated heterocycles. The third-order valence-corrected chi connectivity index (χ3v) is 2.92. The van der Waals surface area contributed by atoms with E-state index in [9.17, 15) is 0 Å². The summed E-state index contributed by atoms with van der Waals surface area (Å²) in [5.41, 5.74) is 1.26. The van der Waals surface area contributed by atoms with E-state index in [1.807, 2.05) is 6.20 Å². The minimum absolute atomic E-state index is 0.549. The summed E-state index contributed by atoms with van der Waals surface area (Å²) >= 11 is 0. The van der Waals surface area contributed by atoms with Crippen molar-refractivity contribution in [3.8, 4) is 0 Å². The summed E-state index contributed by atoms with van der Waals surface area (Å²) < 4.78 is 0. The highest BCUT2D eigenvalue weighted by atomic mass is 15.0. The van der Waals surface area contributed by atoms with Crippen molar-refractivity contribution in [2.45, 2.75) is 38.5 Å². The van der Waals surface area contributed by atoms with Crippen LogP contribution in [0.4, 0.5) is 0 Å². The summed E-state index contributed by atoms with van der Waals surface area (Å²) in [5.74, 6) is 2.31. The molecule has 78 valence electrons. The molecule has 0 bridgehead atoms. The lowest BCUT2D eigenvalue weighted by molar-refractivity contribution is 0.448. The lowest BCUT2D eigenvalue weighted by atomic mass is 9.99. The van der Waals surface area contributed by atoms with Crippen molar-refractivity contribution in [2.75, 3.05) is 13.1 Å². The highest BCUT2D eigenvalue weighted by molar-refractivity contribution is 5.09. The summed E-state index contributed by atoms with van der Waals surface area (Å²) in [7, 11) is 0. The van der Waals surface area contributed by atoms with Crippen molar-refractivity contribution >= 4 is 0 Å². The van der Waals surface area contributed by atoms with Gasteiger partial charge >= 0.3 is 0 Å². The minimum atomic E-state index is 0.549. The van der Waals surface area contributed by atoms with Gasteiger partial charge in [0.1, 0.15) is 5.82 Å². The maximum absolute atomic E-state index is 4.47. The van der Waals surface area contributed by atoms with E-state index in [0.29, 0.717) is 11.8 Å². The molecule has 14 heavy (non-hydrogen) atoms. The fourth-order valence-corrected chi connectivity index (χ4v) is 1.94. The van der Waals surface area contributed by atoms with Crippen LogP contribution >= 0.6 is 0 Å². The summed E-state index contributed by atoms with van der Waals surface area (Å²) in [5, 5.41) is 3.41. The van der Waals surface area contributed by atoms with Gasteiger partial charge in [-0.05, 0) is 25.3 Å². The molecule has 2 heterocycles. The average Bonchev–Trinajstić information content (AvgIpc) is 2.68. The van der Waals surface area contributed by atoms with Crippen LogP contribution in [-0.2, 0) is 0 Å². The second kappa shape index (κ2) is 4.13. The molecule has 1 aliphatic heterocycles. The Labute approximate surface area is 85.3 Å². The first-order valence-corrected chi connectivity index (χ1v) is 5.53. The number of nitrogens with one attached hydrogen (secondary N) is 2. The van der Waals surface area contributed by atoms with Crippen LogP contribution in [0.5, 0.6) is 0 Å². The Bertz CT molecular complexity index is 284. The molecule has 0 amide bonds. The maximum atomic E-state index is 4.47. The predicted octanol–water partition coefficient (Wildman–Crippen LogP) is 2.00. The van der Waals surface area contributed by atoms with Crippen molar-refractivity contribution in [3.05, 3.63) is 17.7 Å². The predicted molar refractivity (Wildman–Crippen MR) is 57.5 cm³/mol. The molecular formula is C11H19N3. The zero-order chi connectivity index (χ0) is 9.97. The number of hydrogen-bond acceptors (Lipinski definition) is 2. The van der Waals surface area contributed by atoms with Crippen LogP contribution in [-0.4, -0.2) is 23.1 Å². The second-order valence-electron chi connectivity index (χ2n) is 4.42. The fourth-order valence-electron chi connectivity index (χ4n) is 1.94. The zero-order valence-corrected chi connectivity index (χ0v) is 9.01. The van der Waals surface area contributed by atoms with Gasteiger partial charge in [-0.25, -0.2) is 4.98 Å². The van der Waals surface area contributed by atoms with Crippen molar-refractivity contribution < 1.29 is 0 Å². The highest BCUT2D eigenvalue weighted by Crippen LogP contribution is 2.22. The monoisotopic (exact) mass is 193 g/mol. The molecule has 1 aliphatic rings. The van der Waals surface area contributed by atoms with Gasteiger partial charge in [-0.15, -0.1) is 0 Å². The van der Waals surface area contributed by atoms with E-state index in [1.54, 1.807) is 0 Å². The van der Waals surface area contributed by atoms with Gasteiger partial charge in [0.25, 0.3) is 0 Å². The lowest BCUT2D eigenvalue weighted by Gasteiger charge is -2.20. The summed E-state index contributed by atoms with van der Waals surface area (Å²) in [6, 6.07) is 0. The second-order valence-corrected chi connectivity index (χ2v) is 4.42. The van der Waals surface area contributed by atoms with Gasteiger partial charge in [-0.3, -0.25) is 0 Å². The largest absolute Gasteiger partial charge is 0.345 e. The molecule has 1 unspecified atom stereocenters. The summed E-state index contributed by atoms with van der Waals surface area (Å²) in [6.07, 6.45) is 4.51. The molecular weight excluding hydrogens is 174 g/mol. The standard InChI is InChI=1S/C11H19N3/c1-8(2)10-7-13-11(14-10)9-4-3-5-12-6-9/h7-9,12H,3-6H2,1-2H3,(H,13,14). The fraction of sp³-hybridized carbons (Fsp3) is 0.727. The first-order chi connectivity index (χ1) is 6.77. The Morgan fingerprint density at radius 2 is 2.36 bits per heavy atom. The first-order valence-electron chi connectivity index (χ1n) is 5.53. The van der Waals surface area contributed by atoms with Crippen LogP contribution in [0.3, 0.4) is 0 Å². The Morgan fingerprint density at radius 1 is 1.50 bits per heavy atom. The third kappa shape index (κ3) is 1.98. The van der Waals surface area contributed by atoms with Crippen molar-refractivity contribution in [2.24, 2.45) is 0 Å². The smallest absolute Gasteiger partial charge is 0.110 e. The van der Waals surface area contributed by atoms with Gasteiger partial charge in [-0.1, -0.05) is 13.8 Å². The van der Waals surface area contributed by atoms with Crippen LogP contribution in [0.1, 0.15) is 50.0 Å². The molecule has 3 heteroatoms. The third-order valence-electron chi connectivity index (χ3n) is 2.92. The molecule has 2 rings (SSSR count). The van der Waals surface area contributed by atoms with Crippen LogP contribution in [0.15, 0.2) is 6.20 Å². The Kier molecular flexibility index (Phi) is 2.87. The van der Waals surface area contributed by atoms with Gasteiger partial charge in [0.05, 0.1) is 0 Å². The summed E-state index contributed by atoms with van der Waals surface area (Å²) in [4.78, 5) is 7.90. The van der Waals surface area contributed by atoms with Gasteiger partial charge < -0.3 is 10.3 Å². The molecule has 0 aliphatic carbocycles. The van der Waals surface area contributed by atoms with Crippen LogP contribution in [0.25, 0.3) is 0 Å². The van der Waals surface area contributed by atoms with Crippen molar-refractivity contribution in [3.63, 3.8) is 0 Å². The number of nitrogens with zero attached hydrogens (tertiary/aromatic N) is 1. The maximum Gasteiger partial charge on any atom is 0.110 e. The Hall–Kier alpha value is -0.830. The van der Waals surface area contributed by atoms with E-state index in [-0.39, 0.29) is 0 Å². The van der Waals surface area contributed by atoms with Crippen molar-refractivity contribution in [1.29, 1.82) is 0 Å². The minimum Gasteiger partial charge on any atom is -0.345 e. The normalized spacial score (nSPS) is 22.9. The number of rotatable bonds is 2. The molecule has 0 spiro atoms. The molecule has 2 N–H and O–H groups in total. The number of imidazole rings is 1. The zero-order valence-electron chi connectivity index (χ0n) is 9.01. The molecule has 1 aromatic heterocycles. The number of H-pyrrole nitrogens is 1. The van der Waals surface area contributed by atoms with Crippen LogP contribution < -0.4 is 5.32 Å². The number of hydrogen-bond donors (Lipinski definition) is 2. The van der Waals surface area contributed by atoms with E-state index < -0.39 is 0 Å². The molecule has 1 fully saturated rings. The molecule has 0 saturated carbocycles. The summed E-state index contributed by atoms with van der Waals surface area (Å²) in [6.45, 7) is 6.62. The van der Waals surface area contributed by atoms with E-state index in [2.05, 4.69) is 29.1 Å². The van der Waals surface area contributed by atoms with Gasteiger partial charge in [-0.2, -0.15) is 0 Å². The highest BCUT2D eigenvalue weighted by Gasteiger charge is 2.18. The number of piperidine rings is 1. The number of aromatic nitrogens is 2. The van der Waals surface area contributed by atoms with Crippen LogP contribution in [0.2, 0.25) is 0 Å². The molecule has 1 aromatic rings. The van der Waals surface area contributed by atoms with E-state index in [1.165, 1.54) is 24.4 Å². The quantitative estimate of drug-likeness (QED) is 0.754. The SMILES string of the molecule is CC(C)c1cnc(C2CCCNC2)[nH]1. The number of aromatic amines is 1. The van der Waals surface area contributed by atoms with Gasteiger partial charge in [0.15, 0.2) is 0 Å². The van der Waals surface area contributed by atoms with Crippen molar-refractivity contribution in [1.82, 2.24) is 15.3 Å². The molecule has 0 radical (unpaired) electrons. The van der Waals surface area contributed by atoms with Gasteiger partial charge in [0.2, 0.25) is 0 Å². The van der Waals surface area contributed by atoms with E-state index in [0.717, 1.165) is 13.1 Å². The topological polar surface area (TPSA) is 40.7 Å². The molecule has 0 aromatic carbocycles. The van der Waals surface area contributed by atoms with Crippen LogP contribution in [0, 0.1) is 0 Å².